The van der Waals surface area contributed by atoms with Gasteiger partial charge in [0.1, 0.15) is 0 Å². The van der Waals surface area contributed by atoms with Crippen LogP contribution in [0, 0.1) is 0 Å². The van der Waals surface area contributed by atoms with Gasteiger partial charge in [0.15, 0.2) is 0 Å². The molecule has 1 heterocycles. The van der Waals surface area contributed by atoms with Crippen LogP contribution in [0.15, 0.2) is 42.5 Å². The Hall–Kier alpha value is -2.19. The fourth-order valence-electron chi connectivity index (χ4n) is 2.76. The summed E-state index contributed by atoms with van der Waals surface area (Å²) in [5, 5.41) is 3.13. The molecule has 8 heteroatoms. The van der Waals surface area contributed by atoms with Gasteiger partial charge in [-0.25, -0.2) is 0 Å². The van der Waals surface area contributed by atoms with Crippen molar-refractivity contribution >= 4 is 29.6 Å². The number of nitrogen functional groups attached to an aromatic ring is 1. The SMILES string of the molecule is CC.CC1(C)OB(c2cc(N)ccc2Nc2ccc(C(F)(F)F)cc2)OC1(C)C. The van der Waals surface area contributed by atoms with Crippen molar-refractivity contribution in [1.82, 2.24) is 0 Å². The van der Waals surface area contributed by atoms with E-state index in [1.807, 2.05) is 41.5 Å². The molecule has 2 aromatic carbocycles. The highest BCUT2D eigenvalue weighted by Gasteiger charge is 2.52. The quantitative estimate of drug-likeness (QED) is 0.531. The van der Waals surface area contributed by atoms with Crippen molar-refractivity contribution in [3.05, 3.63) is 48.0 Å². The molecule has 0 saturated carbocycles. The van der Waals surface area contributed by atoms with Crippen molar-refractivity contribution in [3.8, 4) is 0 Å². The Morgan fingerprint density at radius 3 is 1.90 bits per heavy atom. The van der Waals surface area contributed by atoms with Crippen molar-refractivity contribution in [1.29, 1.82) is 0 Å². The molecule has 0 unspecified atom stereocenters. The monoisotopic (exact) mass is 408 g/mol. The average Bonchev–Trinajstić information content (AvgIpc) is 2.85. The Morgan fingerprint density at radius 2 is 1.41 bits per heavy atom. The predicted molar refractivity (Wildman–Crippen MR) is 113 cm³/mol. The van der Waals surface area contributed by atoms with Crippen LogP contribution in [0.2, 0.25) is 0 Å². The topological polar surface area (TPSA) is 56.5 Å². The van der Waals surface area contributed by atoms with Crippen LogP contribution < -0.4 is 16.5 Å². The zero-order valence-corrected chi connectivity index (χ0v) is 17.6. The van der Waals surface area contributed by atoms with Gasteiger partial charge in [-0.1, -0.05) is 13.8 Å². The Balaban J connectivity index is 0.00000145. The van der Waals surface area contributed by atoms with E-state index in [9.17, 15) is 13.2 Å². The second-order valence-electron chi connectivity index (χ2n) is 7.64. The Labute approximate surface area is 170 Å². The lowest BCUT2D eigenvalue weighted by atomic mass is 9.77. The first-order valence-electron chi connectivity index (χ1n) is 9.58. The van der Waals surface area contributed by atoms with Crippen LogP contribution in [-0.4, -0.2) is 18.3 Å². The maximum atomic E-state index is 12.7. The number of halogens is 3. The number of anilines is 3. The first kappa shape index (κ1) is 23.1. The van der Waals surface area contributed by atoms with Crippen LogP contribution in [-0.2, 0) is 15.5 Å². The minimum absolute atomic E-state index is 0.519. The van der Waals surface area contributed by atoms with Gasteiger partial charge in [-0.2, -0.15) is 13.2 Å². The molecule has 0 bridgehead atoms. The lowest BCUT2D eigenvalue weighted by molar-refractivity contribution is -0.137. The van der Waals surface area contributed by atoms with Crippen LogP contribution >= 0.6 is 0 Å². The fraction of sp³-hybridized carbons (Fsp3) is 0.429. The number of alkyl halides is 3. The molecule has 0 amide bonds. The second-order valence-corrected chi connectivity index (χ2v) is 7.64. The maximum Gasteiger partial charge on any atom is 0.497 e. The Kier molecular flexibility index (Phi) is 6.60. The highest BCUT2D eigenvalue weighted by atomic mass is 19.4. The van der Waals surface area contributed by atoms with E-state index in [1.165, 1.54) is 12.1 Å². The summed E-state index contributed by atoms with van der Waals surface area (Å²) in [6.07, 6.45) is -4.37. The van der Waals surface area contributed by atoms with Crippen molar-refractivity contribution < 1.29 is 22.5 Å². The van der Waals surface area contributed by atoms with Crippen molar-refractivity contribution in [2.24, 2.45) is 0 Å². The second kappa shape index (κ2) is 8.28. The predicted octanol–water partition coefficient (Wildman–Crippen LogP) is 5.36. The fourth-order valence-corrected chi connectivity index (χ4v) is 2.76. The third kappa shape index (κ3) is 5.06. The summed E-state index contributed by atoms with van der Waals surface area (Å²) < 4.78 is 50.4. The highest BCUT2D eigenvalue weighted by molar-refractivity contribution is 6.64. The molecule has 1 fully saturated rings. The number of nitrogens with one attached hydrogen (secondary N) is 1. The normalized spacial score (nSPS) is 17.5. The smallest absolute Gasteiger partial charge is 0.399 e. The van der Waals surface area contributed by atoms with Gasteiger partial charge in [0.2, 0.25) is 0 Å². The zero-order chi connectivity index (χ0) is 22.0. The van der Waals surface area contributed by atoms with E-state index in [0.29, 0.717) is 22.5 Å². The summed E-state index contributed by atoms with van der Waals surface area (Å²) in [7, 11) is -0.643. The van der Waals surface area contributed by atoms with E-state index in [-0.39, 0.29) is 0 Å². The number of benzene rings is 2. The minimum atomic E-state index is -4.37. The Morgan fingerprint density at radius 1 is 0.897 bits per heavy atom. The average molecular weight is 408 g/mol. The largest absolute Gasteiger partial charge is 0.497 e. The molecule has 1 saturated heterocycles. The van der Waals surface area contributed by atoms with E-state index in [1.54, 1.807) is 18.2 Å². The van der Waals surface area contributed by atoms with Gasteiger partial charge in [-0.3, -0.25) is 0 Å². The van der Waals surface area contributed by atoms with Gasteiger partial charge in [-0.05, 0) is 70.2 Å². The van der Waals surface area contributed by atoms with Crippen molar-refractivity contribution in [3.63, 3.8) is 0 Å². The number of rotatable bonds is 3. The molecule has 3 N–H and O–H groups in total. The molecule has 0 spiro atoms. The van der Waals surface area contributed by atoms with Gasteiger partial charge in [0, 0.05) is 22.5 Å². The van der Waals surface area contributed by atoms with Crippen molar-refractivity contribution in [2.75, 3.05) is 11.1 Å². The first-order valence-corrected chi connectivity index (χ1v) is 9.58. The number of hydrogen-bond donors (Lipinski definition) is 2. The highest BCUT2D eigenvalue weighted by Crippen LogP contribution is 2.37. The van der Waals surface area contributed by atoms with E-state index in [0.717, 1.165) is 12.1 Å². The van der Waals surface area contributed by atoms with Crippen LogP contribution in [0.3, 0.4) is 0 Å². The summed E-state index contributed by atoms with van der Waals surface area (Å²) in [4.78, 5) is 0. The molecular formula is C21H28BF3N2O2. The molecule has 29 heavy (non-hydrogen) atoms. The summed E-state index contributed by atoms with van der Waals surface area (Å²) >= 11 is 0. The van der Waals surface area contributed by atoms with E-state index in [2.05, 4.69) is 5.32 Å². The van der Waals surface area contributed by atoms with Gasteiger partial charge >= 0.3 is 13.3 Å². The molecule has 3 rings (SSSR count). The molecule has 2 aromatic rings. The summed E-state index contributed by atoms with van der Waals surface area (Å²) in [5.41, 5.74) is 6.59. The molecule has 158 valence electrons. The van der Waals surface area contributed by atoms with Crippen LogP contribution in [0.25, 0.3) is 0 Å². The molecular weight excluding hydrogens is 380 g/mol. The molecule has 0 aromatic heterocycles. The summed E-state index contributed by atoms with van der Waals surface area (Å²) in [6.45, 7) is 11.8. The third-order valence-electron chi connectivity index (χ3n) is 5.07. The van der Waals surface area contributed by atoms with Crippen LogP contribution in [0.4, 0.5) is 30.2 Å². The van der Waals surface area contributed by atoms with E-state index >= 15 is 0 Å². The van der Waals surface area contributed by atoms with Gasteiger partial charge in [0.25, 0.3) is 0 Å². The summed E-state index contributed by atoms with van der Waals surface area (Å²) in [6, 6.07) is 10.0. The van der Waals surface area contributed by atoms with Gasteiger partial charge in [0.05, 0.1) is 16.8 Å². The lowest BCUT2D eigenvalue weighted by Gasteiger charge is -2.32. The lowest BCUT2D eigenvalue weighted by Crippen LogP contribution is -2.41. The third-order valence-corrected chi connectivity index (χ3v) is 5.07. The Bertz CT molecular complexity index is 821. The molecule has 1 aliphatic heterocycles. The van der Waals surface area contributed by atoms with E-state index < -0.39 is 30.1 Å². The standard InChI is InChI=1S/C19H22BF3N2O2.C2H6/c1-17(2)18(3,4)27-20(26-17)15-11-13(24)7-10-16(15)25-14-8-5-12(6-9-14)19(21,22)23;1-2/h5-11,25H,24H2,1-4H3;1-2H3. The maximum absolute atomic E-state index is 12.7. The van der Waals surface area contributed by atoms with Crippen LogP contribution in [0.1, 0.15) is 47.1 Å². The molecule has 1 aliphatic rings. The van der Waals surface area contributed by atoms with Crippen LogP contribution in [0.5, 0.6) is 0 Å². The van der Waals surface area contributed by atoms with Gasteiger partial charge in [-0.15, -0.1) is 0 Å². The van der Waals surface area contributed by atoms with Gasteiger partial charge < -0.3 is 20.4 Å². The number of hydrogen-bond acceptors (Lipinski definition) is 4. The van der Waals surface area contributed by atoms with Crippen molar-refractivity contribution in [2.45, 2.75) is 58.9 Å². The summed E-state index contributed by atoms with van der Waals surface area (Å²) in [5.74, 6) is 0. The molecule has 0 aliphatic carbocycles. The molecule has 0 atom stereocenters. The zero-order valence-electron chi connectivity index (χ0n) is 17.6. The first-order chi connectivity index (χ1) is 13.4. The molecule has 0 radical (unpaired) electrons. The minimum Gasteiger partial charge on any atom is -0.399 e. The van der Waals surface area contributed by atoms with E-state index in [4.69, 9.17) is 15.0 Å². The molecule has 4 nitrogen and oxygen atoms in total. The number of nitrogens with two attached hydrogens (primary N) is 1.